The summed E-state index contributed by atoms with van der Waals surface area (Å²) in [7, 11) is 2.01. The van der Waals surface area contributed by atoms with Crippen LogP contribution in [0.5, 0.6) is 0 Å². The third-order valence-electron chi connectivity index (χ3n) is 4.64. The molecule has 8 heteroatoms. The molecule has 4 rings (SSSR count). The van der Waals surface area contributed by atoms with E-state index in [1.165, 1.54) is 5.56 Å². The lowest BCUT2D eigenvalue weighted by atomic mass is 10.1. The van der Waals surface area contributed by atoms with E-state index in [-0.39, 0.29) is 0 Å². The van der Waals surface area contributed by atoms with Gasteiger partial charge in [0.2, 0.25) is 5.89 Å². The summed E-state index contributed by atoms with van der Waals surface area (Å²) < 4.78 is 5.38. The van der Waals surface area contributed by atoms with E-state index in [4.69, 9.17) is 14.5 Å². The van der Waals surface area contributed by atoms with Crippen molar-refractivity contribution in [3.8, 4) is 11.5 Å². The Morgan fingerprint density at radius 3 is 2.89 bits per heavy atom. The molecule has 3 aromatic heterocycles. The van der Waals surface area contributed by atoms with Gasteiger partial charge in [0.25, 0.3) is 0 Å². The Balaban J connectivity index is 1.64. The summed E-state index contributed by atoms with van der Waals surface area (Å²) in [6, 6.07) is 5.77. The van der Waals surface area contributed by atoms with Crippen LogP contribution in [-0.2, 0) is 25.9 Å². The van der Waals surface area contributed by atoms with Crippen molar-refractivity contribution < 1.29 is 4.52 Å². The van der Waals surface area contributed by atoms with Gasteiger partial charge in [0.1, 0.15) is 11.5 Å². The fourth-order valence-electron chi connectivity index (χ4n) is 3.34. The van der Waals surface area contributed by atoms with Gasteiger partial charge in [0.15, 0.2) is 11.6 Å². The van der Waals surface area contributed by atoms with Crippen molar-refractivity contribution in [3.05, 3.63) is 47.4 Å². The highest BCUT2D eigenvalue weighted by Gasteiger charge is 2.22. The molecule has 4 heterocycles. The molecule has 0 atom stereocenters. The third-order valence-corrected chi connectivity index (χ3v) is 4.64. The van der Waals surface area contributed by atoms with Crippen LogP contribution in [-0.4, -0.2) is 38.7 Å². The van der Waals surface area contributed by atoms with Gasteiger partial charge in [0.05, 0.1) is 12.2 Å². The van der Waals surface area contributed by atoms with Crippen LogP contribution in [0, 0.1) is 5.92 Å². The summed E-state index contributed by atoms with van der Waals surface area (Å²) in [4.78, 5) is 20.6. The number of anilines is 1. The number of rotatable bonds is 6. The molecule has 0 unspecified atom stereocenters. The predicted molar refractivity (Wildman–Crippen MR) is 106 cm³/mol. The number of hydrogen-bond donors (Lipinski definition) is 1. The molecule has 3 aromatic rings. The van der Waals surface area contributed by atoms with Gasteiger partial charge in [-0.05, 0) is 31.0 Å². The standard InChI is InChI=1S/C20H25N7O/c1-13(2)10-18-24-17(26-28-18)12-27(3)20-14-7-9-21-11-16(14)23-19(25-20)15-6-4-5-8-22-15/h4-6,8,13,21H,7,9-12H2,1-3H3. The van der Waals surface area contributed by atoms with Crippen molar-refractivity contribution in [1.29, 1.82) is 0 Å². The summed E-state index contributed by atoms with van der Waals surface area (Å²) in [5.74, 6) is 3.37. The molecule has 28 heavy (non-hydrogen) atoms. The van der Waals surface area contributed by atoms with E-state index >= 15 is 0 Å². The normalized spacial score (nSPS) is 13.6. The van der Waals surface area contributed by atoms with Crippen molar-refractivity contribution in [2.24, 2.45) is 5.92 Å². The minimum Gasteiger partial charge on any atom is -0.352 e. The second-order valence-corrected chi connectivity index (χ2v) is 7.50. The molecule has 0 aromatic carbocycles. The molecule has 0 aliphatic carbocycles. The van der Waals surface area contributed by atoms with Crippen molar-refractivity contribution >= 4 is 5.82 Å². The van der Waals surface area contributed by atoms with Gasteiger partial charge in [-0.15, -0.1) is 0 Å². The van der Waals surface area contributed by atoms with E-state index in [1.54, 1.807) is 6.20 Å². The lowest BCUT2D eigenvalue weighted by molar-refractivity contribution is 0.358. The smallest absolute Gasteiger partial charge is 0.226 e. The molecule has 0 fully saturated rings. The van der Waals surface area contributed by atoms with Crippen LogP contribution in [0.25, 0.3) is 11.5 Å². The Morgan fingerprint density at radius 2 is 2.11 bits per heavy atom. The zero-order chi connectivity index (χ0) is 19.5. The van der Waals surface area contributed by atoms with Gasteiger partial charge in [0, 0.05) is 31.8 Å². The molecular formula is C20H25N7O. The molecule has 1 aliphatic rings. The van der Waals surface area contributed by atoms with E-state index in [2.05, 4.69) is 39.2 Å². The highest BCUT2D eigenvalue weighted by atomic mass is 16.5. The minimum atomic E-state index is 0.480. The molecule has 8 nitrogen and oxygen atoms in total. The summed E-state index contributed by atoms with van der Waals surface area (Å²) >= 11 is 0. The maximum atomic E-state index is 5.38. The quantitative estimate of drug-likeness (QED) is 0.698. The molecule has 0 radical (unpaired) electrons. The lowest BCUT2D eigenvalue weighted by Crippen LogP contribution is -2.29. The maximum absolute atomic E-state index is 5.38. The van der Waals surface area contributed by atoms with Gasteiger partial charge in [-0.25, -0.2) is 9.97 Å². The summed E-state index contributed by atoms with van der Waals surface area (Å²) in [6.45, 7) is 6.45. The molecule has 0 saturated carbocycles. The summed E-state index contributed by atoms with van der Waals surface area (Å²) in [6.07, 6.45) is 3.44. The van der Waals surface area contributed by atoms with Crippen LogP contribution < -0.4 is 10.2 Å². The van der Waals surface area contributed by atoms with Gasteiger partial charge >= 0.3 is 0 Å². The SMILES string of the molecule is CC(C)Cc1nc(CN(C)c2nc(-c3ccccn3)nc3c2CCNC3)no1. The second-order valence-electron chi connectivity index (χ2n) is 7.50. The minimum absolute atomic E-state index is 0.480. The van der Waals surface area contributed by atoms with Gasteiger partial charge in [-0.1, -0.05) is 25.1 Å². The van der Waals surface area contributed by atoms with Crippen LogP contribution >= 0.6 is 0 Å². The summed E-state index contributed by atoms with van der Waals surface area (Å²) in [5, 5.41) is 7.52. The van der Waals surface area contributed by atoms with E-state index in [0.717, 1.165) is 43.1 Å². The Labute approximate surface area is 164 Å². The first kappa shape index (κ1) is 18.5. The first-order valence-corrected chi connectivity index (χ1v) is 9.64. The third kappa shape index (κ3) is 4.01. The molecule has 146 valence electrons. The Bertz CT molecular complexity index is 939. The Kier molecular flexibility index (Phi) is 5.29. The average molecular weight is 379 g/mol. The number of nitrogens with zero attached hydrogens (tertiary/aromatic N) is 6. The first-order chi connectivity index (χ1) is 13.6. The highest BCUT2D eigenvalue weighted by molar-refractivity contribution is 5.58. The van der Waals surface area contributed by atoms with E-state index < -0.39 is 0 Å². The van der Waals surface area contributed by atoms with Gasteiger partial charge < -0.3 is 14.7 Å². The van der Waals surface area contributed by atoms with Crippen LogP contribution in [0.3, 0.4) is 0 Å². The van der Waals surface area contributed by atoms with Crippen LogP contribution in [0.2, 0.25) is 0 Å². The second kappa shape index (κ2) is 8.02. The summed E-state index contributed by atoms with van der Waals surface area (Å²) in [5.41, 5.74) is 2.97. The molecule has 0 spiro atoms. The molecule has 1 aliphatic heterocycles. The number of nitrogens with one attached hydrogen (secondary N) is 1. The van der Waals surface area contributed by atoms with Crippen LogP contribution in [0.4, 0.5) is 5.82 Å². The first-order valence-electron chi connectivity index (χ1n) is 9.64. The molecule has 0 bridgehead atoms. The van der Waals surface area contributed by atoms with Crippen molar-refractivity contribution in [2.75, 3.05) is 18.5 Å². The molecule has 1 N–H and O–H groups in total. The zero-order valence-electron chi connectivity index (χ0n) is 16.5. The molecule has 0 amide bonds. The zero-order valence-corrected chi connectivity index (χ0v) is 16.5. The predicted octanol–water partition coefficient (Wildman–Crippen LogP) is 2.40. The molecular weight excluding hydrogens is 354 g/mol. The topological polar surface area (TPSA) is 92.9 Å². The molecule has 0 saturated heterocycles. The van der Waals surface area contributed by atoms with Crippen LogP contribution in [0.15, 0.2) is 28.9 Å². The highest BCUT2D eigenvalue weighted by Crippen LogP contribution is 2.27. The average Bonchev–Trinajstić information content (AvgIpc) is 3.13. The fraction of sp³-hybridized carbons (Fsp3) is 0.450. The van der Waals surface area contributed by atoms with Gasteiger partial charge in [-0.3, -0.25) is 4.98 Å². The number of fused-ring (bicyclic) bond motifs is 1. The van der Waals surface area contributed by atoms with E-state index in [1.807, 2.05) is 25.2 Å². The largest absolute Gasteiger partial charge is 0.352 e. The monoisotopic (exact) mass is 379 g/mol. The van der Waals surface area contributed by atoms with Crippen molar-refractivity contribution in [1.82, 2.24) is 30.4 Å². The number of aromatic nitrogens is 5. The van der Waals surface area contributed by atoms with E-state index in [0.29, 0.717) is 30.0 Å². The number of hydrogen-bond acceptors (Lipinski definition) is 8. The maximum Gasteiger partial charge on any atom is 0.226 e. The van der Waals surface area contributed by atoms with E-state index in [9.17, 15) is 0 Å². The van der Waals surface area contributed by atoms with Crippen molar-refractivity contribution in [3.63, 3.8) is 0 Å². The lowest BCUT2D eigenvalue weighted by Gasteiger charge is -2.25. The van der Waals surface area contributed by atoms with Crippen molar-refractivity contribution in [2.45, 2.75) is 39.8 Å². The number of pyridine rings is 1. The van der Waals surface area contributed by atoms with Crippen LogP contribution in [0.1, 0.15) is 36.8 Å². The Morgan fingerprint density at radius 1 is 1.21 bits per heavy atom. The van der Waals surface area contributed by atoms with Gasteiger partial charge in [-0.2, -0.15) is 4.98 Å². The fourth-order valence-corrected chi connectivity index (χ4v) is 3.34. The Hall–Kier alpha value is -2.87.